The minimum Gasteiger partial charge on any atom is -0.496 e. The van der Waals surface area contributed by atoms with Crippen molar-refractivity contribution in [2.24, 2.45) is 0 Å². The molecule has 2 aromatic rings. The number of ether oxygens (including phenoxy) is 1. The molecule has 0 heterocycles. The Morgan fingerprint density at radius 3 is 2.41 bits per heavy atom. The standard InChI is InChI=1S/C15H13NO5S/c1-21-14-7-6-13(8-10(14)9-15(17)18)22-12-4-2-11(3-5-12)16(19)20/h2-8H,9H2,1H3,(H,17,18). The van der Waals surface area contributed by atoms with Gasteiger partial charge in [-0.25, -0.2) is 0 Å². The number of methoxy groups -OCH3 is 1. The predicted molar refractivity (Wildman–Crippen MR) is 81.6 cm³/mol. The molecule has 0 aromatic heterocycles. The Kier molecular flexibility index (Phi) is 5.00. The molecule has 0 aliphatic rings. The molecule has 0 unspecified atom stereocenters. The van der Waals surface area contributed by atoms with Crippen LogP contribution < -0.4 is 4.74 Å². The van der Waals surface area contributed by atoms with E-state index in [0.717, 1.165) is 9.79 Å². The fraction of sp³-hybridized carbons (Fsp3) is 0.133. The van der Waals surface area contributed by atoms with Crippen LogP contribution >= 0.6 is 11.8 Å². The van der Waals surface area contributed by atoms with E-state index in [0.29, 0.717) is 11.3 Å². The SMILES string of the molecule is COc1ccc(Sc2ccc([N+](=O)[O-])cc2)cc1CC(=O)O. The van der Waals surface area contributed by atoms with Gasteiger partial charge in [-0.1, -0.05) is 11.8 Å². The van der Waals surface area contributed by atoms with Gasteiger partial charge in [0.1, 0.15) is 5.75 Å². The molecule has 22 heavy (non-hydrogen) atoms. The Morgan fingerprint density at radius 2 is 1.86 bits per heavy atom. The number of nitrogens with zero attached hydrogens (tertiary/aromatic N) is 1. The lowest BCUT2D eigenvalue weighted by Gasteiger charge is -2.09. The average Bonchev–Trinajstić information content (AvgIpc) is 2.47. The predicted octanol–water partition coefficient (Wildman–Crippen LogP) is 3.38. The highest BCUT2D eigenvalue weighted by Gasteiger charge is 2.10. The number of carboxylic acid groups (broad SMARTS) is 1. The normalized spacial score (nSPS) is 10.2. The summed E-state index contributed by atoms with van der Waals surface area (Å²) in [5, 5.41) is 19.5. The van der Waals surface area contributed by atoms with E-state index >= 15 is 0 Å². The third kappa shape index (κ3) is 3.98. The van der Waals surface area contributed by atoms with Crippen LogP contribution in [-0.4, -0.2) is 23.1 Å². The molecule has 2 aromatic carbocycles. The van der Waals surface area contributed by atoms with Gasteiger partial charge in [0.05, 0.1) is 18.5 Å². The molecule has 0 aliphatic carbocycles. The van der Waals surface area contributed by atoms with Gasteiger partial charge < -0.3 is 9.84 Å². The van der Waals surface area contributed by atoms with Crippen LogP contribution in [0.2, 0.25) is 0 Å². The van der Waals surface area contributed by atoms with E-state index < -0.39 is 10.9 Å². The van der Waals surface area contributed by atoms with Gasteiger partial charge in [0.2, 0.25) is 0 Å². The van der Waals surface area contributed by atoms with E-state index in [1.54, 1.807) is 24.3 Å². The van der Waals surface area contributed by atoms with E-state index in [1.165, 1.54) is 31.0 Å². The van der Waals surface area contributed by atoms with E-state index in [4.69, 9.17) is 9.84 Å². The molecule has 0 saturated heterocycles. The van der Waals surface area contributed by atoms with Gasteiger partial charge in [0, 0.05) is 27.5 Å². The zero-order valence-corrected chi connectivity index (χ0v) is 12.5. The third-order valence-electron chi connectivity index (χ3n) is 2.88. The van der Waals surface area contributed by atoms with Crippen LogP contribution in [0.25, 0.3) is 0 Å². The smallest absolute Gasteiger partial charge is 0.307 e. The number of nitro groups is 1. The first kappa shape index (κ1) is 15.8. The van der Waals surface area contributed by atoms with Crippen LogP contribution in [0.1, 0.15) is 5.56 Å². The molecule has 0 atom stereocenters. The zero-order valence-electron chi connectivity index (χ0n) is 11.7. The summed E-state index contributed by atoms with van der Waals surface area (Å²) < 4.78 is 5.15. The molecule has 0 radical (unpaired) electrons. The van der Waals surface area contributed by atoms with Crippen molar-refractivity contribution < 1.29 is 19.6 Å². The van der Waals surface area contributed by atoms with Crippen LogP contribution in [0.15, 0.2) is 52.3 Å². The maximum atomic E-state index is 10.9. The molecule has 114 valence electrons. The maximum absolute atomic E-state index is 10.9. The second-order valence-corrected chi connectivity index (χ2v) is 5.54. The molecule has 0 bridgehead atoms. The van der Waals surface area contributed by atoms with Crippen LogP contribution in [0.5, 0.6) is 5.75 Å². The quantitative estimate of drug-likeness (QED) is 0.648. The van der Waals surface area contributed by atoms with Crippen molar-refractivity contribution in [2.45, 2.75) is 16.2 Å². The molecule has 0 fully saturated rings. The van der Waals surface area contributed by atoms with E-state index in [9.17, 15) is 14.9 Å². The van der Waals surface area contributed by atoms with Crippen molar-refractivity contribution in [1.29, 1.82) is 0 Å². The summed E-state index contributed by atoms with van der Waals surface area (Å²) >= 11 is 1.40. The number of benzene rings is 2. The minimum atomic E-state index is -0.934. The number of nitro benzene ring substituents is 1. The van der Waals surface area contributed by atoms with Gasteiger partial charge in [-0.15, -0.1) is 0 Å². The summed E-state index contributed by atoms with van der Waals surface area (Å²) in [6.07, 6.45) is -0.127. The molecule has 1 N–H and O–H groups in total. The number of carboxylic acids is 1. The summed E-state index contributed by atoms with van der Waals surface area (Å²) in [7, 11) is 1.49. The van der Waals surface area contributed by atoms with E-state index in [-0.39, 0.29) is 12.1 Å². The van der Waals surface area contributed by atoms with E-state index in [1.807, 2.05) is 6.07 Å². The molecule has 0 aliphatic heterocycles. The van der Waals surface area contributed by atoms with Crippen molar-refractivity contribution in [3.63, 3.8) is 0 Å². The average molecular weight is 319 g/mol. The Bertz CT molecular complexity index is 700. The Morgan fingerprint density at radius 1 is 1.23 bits per heavy atom. The van der Waals surface area contributed by atoms with Crippen LogP contribution in [0.3, 0.4) is 0 Å². The van der Waals surface area contributed by atoms with Crippen molar-refractivity contribution in [1.82, 2.24) is 0 Å². The van der Waals surface area contributed by atoms with Gasteiger partial charge in [0.15, 0.2) is 0 Å². The number of carbonyl (C=O) groups is 1. The largest absolute Gasteiger partial charge is 0.496 e. The first-order valence-corrected chi connectivity index (χ1v) is 7.12. The molecule has 6 nitrogen and oxygen atoms in total. The van der Waals surface area contributed by atoms with Crippen molar-refractivity contribution in [2.75, 3.05) is 7.11 Å². The van der Waals surface area contributed by atoms with Crippen molar-refractivity contribution >= 4 is 23.4 Å². The Labute approximate surface area is 130 Å². The number of aliphatic carboxylic acids is 1. The van der Waals surface area contributed by atoms with E-state index in [2.05, 4.69) is 0 Å². The fourth-order valence-corrected chi connectivity index (χ4v) is 2.77. The first-order chi connectivity index (χ1) is 10.5. The fourth-order valence-electron chi connectivity index (χ4n) is 1.89. The minimum absolute atomic E-state index is 0.0330. The number of hydrogen-bond donors (Lipinski definition) is 1. The molecule has 0 saturated carbocycles. The zero-order chi connectivity index (χ0) is 16.1. The highest BCUT2D eigenvalue weighted by molar-refractivity contribution is 7.99. The molecule has 7 heteroatoms. The highest BCUT2D eigenvalue weighted by Crippen LogP contribution is 2.32. The molecule has 2 rings (SSSR count). The second kappa shape index (κ2) is 6.95. The summed E-state index contributed by atoms with van der Waals surface area (Å²) in [6, 6.07) is 11.5. The van der Waals surface area contributed by atoms with Gasteiger partial charge in [-0.2, -0.15) is 0 Å². The summed E-state index contributed by atoms with van der Waals surface area (Å²) in [6.45, 7) is 0. The summed E-state index contributed by atoms with van der Waals surface area (Å²) in [5.41, 5.74) is 0.618. The maximum Gasteiger partial charge on any atom is 0.307 e. The number of non-ortho nitro benzene ring substituents is 1. The number of rotatable bonds is 6. The van der Waals surface area contributed by atoms with Crippen LogP contribution in [-0.2, 0) is 11.2 Å². The molecule has 0 amide bonds. The van der Waals surface area contributed by atoms with Gasteiger partial charge in [0.25, 0.3) is 5.69 Å². The molecular weight excluding hydrogens is 306 g/mol. The Hall–Kier alpha value is -2.54. The Balaban J connectivity index is 2.21. The first-order valence-electron chi connectivity index (χ1n) is 6.30. The van der Waals surface area contributed by atoms with Crippen LogP contribution in [0, 0.1) is 10.1 Å². The highest BCUT2D eigenvalue weighted by atomic mass is 32.2. The summed E-state index contributed by atoms with van der Waals surface area (Å²) in [4.78, 5) is 22.7. The monoisotopic (exact) mass is 319 g/mol. The molecule has 0 spiro atoms. The van der Waals surface area contributed by atoms with Gasteiger partial charge in [-0.05, 0) is 30.3 Å². The van der Waals surface area contributed by atoms with Gasteiger partial charge in [-0.3, -0.25) is 14.9 Å². The second-order valence-electron chi connectivity index (χ2n) is 4.40. The lowest BCUT2D eigenvalue weighted by molar-refractivity contribution is -0.384. The molecular formula is C15H13NO5S. The number of hydrogen-bond acceptors (Lipinski definition) is 5. The third-order valence-corrected chi connectivity index (χ3v) is 3.87. The topological polar surface area (TPSA) is 89.7 Å². The van der Waals surface area contributed by atoms with Crippen molar-refractivity contribution in [3.05, 3.63) is 58.1 Å². The van der Waals surface area contributed by atoms with Crippen molar-refractivity contribution in [3.8, 4) is 5.75 Å². The lowest BCUT2D eigenvalue weighted by atomic mass is 10.1. The summed E-state index contributed by atoms with van der Waals surface area (Å²) in [5.74, 6) is -0.411. The van der Waals surface area contributed by atoms with Gasteiger partial charge >= 0.3 is 5.97 Å². The van der Waals surface area contributed by atoms with Crippen LogP contribution in [0.4, 0.5) is 5.69 Å². The lowest BCUT2D eigenvalue weighted by Crippen LogP contribution is -2.02.